The van der Waals surface area contributed by atoms with Crippen LogP contribution in [0.1, 0.15) is 20.3 Å². The van der Waals surface area contributed by atoms with Gasteiger partial charge < -0.3 is 5.11 Å². The van der Waals surface area contributed by atoms with Crippen LogP contribution in [0.2, 0.25) is 0 Å². The van der Waals surface area contributed by atoms with Gasteiger partial charge in [-0.1, -0.05) is 13.8 Å². The van der Waals surface area contributed by atoms with Crippen molar-refractivity contribution in [2.75, 3.05) is 26.2 Å². The molecule has 1 aliphatic rings. The zero-order valence-corrected chi connectivity index (χ0v) is 7.39. The fourth-order valence-corrected chi connectivity index (χ4v) is 1.13. The molecule has 11 heavy (non-hydrogen) atoms. The minimum Gasteiger partial charge on any atom is -0.395 e. The number of hydrogen-bond acceptors (Lipinski definition) is 2. The van der Waals surface area contributed by atoms with Gasteiger partial charge in [0, 0.05) is 19.6 Å². The van der Waals surface area contributed by atoms with Crippen LogP contribution < -0.4 is 0 Å². The quantitative estimate of drug-likeness (QED) is 0.657. The van der Waals surface area contributed by atoms with Gasteiger partial charge in [0.15, 0.2) is 0 Å². The Morgan fingerprint density at radius 1 is 1.55 bits per heavy atom. The summed E-state index contributed by atoms with van der Waals surface area (Å²) in [6.07, 6.45) is -0.0171. The third-order valence-corrected chi connectivity index (χ3v) is 1.63. The number of halogens is 1. The Labute approximate surface area is 68.0 Å². The van der Waals surface area contributed by atoms with Gasteiger partial charge in [0.2, 0.25) is 0 Å². The van der Waals surface area contributed by atoms with Crippen molar-refractivity contribution in [3.63, 3.8) is 0 Å². The van der Waals surface area contributed by atoms with Crippen LogP contribution in [-0.4, -0.2) is 42.4 Å². The van der Waals surface area contributed by atoms with Crippen molar-refractivity contribution < 1.29 is 9.50 Å². The first kappa shape index (κ1) is 10.8. The van der Waals surface area contributed by atoms with E-state index in [9.17, 15) is 4.39 Å². The van der Waals surface area contributed by atoms with E-state index in [-0.39, 0.29) is 6.61 Å². The summed E-state index contributed by atoms with van der Waals surface area (Å²) < 4.78 is 12.4. The van der Waals surface area contributed by atoms with Gasteiger partial charge >= 0.3 is 0 Å². The summed E-state index contributed by atoms with van der Waals surface area (Å²) in [5.41, 5.74) is 0. The molecule has 0 aromatic rings. The standard InChI is InChI=1S/C6H12FNO.C2H6/c7-6-1-2-8(5-6)3-4-9;1-2/h6,9H,1-5H2;1-2H3/t6-;/m0./s1. The first-order chi connectivity index (χ1) is 5.33. The van der Waals surface area contributed by atoms with Crippen molar-refractivity contribution in [2.45, 2.75) is 26.4 Å². The molecule has 1 rings (SSSR count). The number of aliphatic hydroxyl groups excluding tert-OH is 1. The number of nitrogens with zero attached hydrogens (tertiary/aromatic N) is 1. The molecule has 1 heterocycles. The summed E-state index contributed by atoms with van der Waals surface area (Å²) in [4.78, 5) is 1.94. The maximum absolute atomic E-state index is 12.4. The molecule has 0 amide bonds. The molecule has 0 bridgehead atoms. The molecule has 1 fully saturated rings. The van der Waals surface area contributed by atoms with Crippen LogP contribution in [-0.2, 0) is 0 Å². The van der Waals surface area contributed by atoms with Crippen molar-refractivity contribution in [1.29, 1.82) is 0 Å². The third-order valence-electron chi connectivity index (χ3n) is 1.63. The molecule has 0 aromatic heterocycles. The van der Waals surface area contributed by atoms with Crippen LogP contribution in [0.15, 0.2) is 0 Å². The first-order valence-corrected chi connectivity index (χ1v) is 4.30. The van der Waals surface area contributed by atoms with Crippen molar-refractivity contribution in [1.82, 2.24) is 4.90 Å². The Balaban J connectivity index is 0.000000461. The second-order valence-electron chi connectivity index (χ2n) is 2.41. The number of hydrogen-bond donors (Lipinski definition) is 1. The second kappa shape index (κ2) is 6.55. The SMILES string of the molecule is CC.OCCN1CC[C@H](F)C1. The van der Waals surface area contributed by atoms with E-state index in [1.807, 2.05) is 18.7 Å². The van der Waals surface area contributed by atoms with Gasteiger partial charge in [-0.15, -0.1) is 0 Å². The van der Waals surface area contributed by atoms with Crippen molar-refractivity contribution in [3.05, 3.63) is 0 Å². The highest BCUT2D eigenvalue weighted by molar-refractivity contribution is 4.73. The molecule has 1 saturated heterocycles. The molecule has 0 aliphatic carbocycles. The van der Waals surface area contributed by atoms with E-state index >= 15 is 0 Å². The molecule has 1 N–H and O–H groups in total. The maximum Gasteiger partial charge on any atom is 0.114 e. The fraction of sp³-hybridized carbons (Fsp3) is 1.00. The van der Waals surface area contributed by atoms with Crippen molar-refractivity contribution in [3.8, 4) is 0 Å². The minimum atomic E-state index is -0.656. The van der Waals surface area contributed by atoms with E-state index in [1.165, 1.54) is 0 Å². The van der Waals surface area contributed by atoms with Crippen LogP contribution in [0.5, 0.6) is 0 Å². The summed E-state index contributed by atoms with van der Waals surface area (Å²) in [5, 5.41) is 8.45. The predicted octanol–water partition coefficient (Wildman–Crippen LogP) is 1.05. The van der Waals surface area contributed by atoms with Crippen LogP contribution in [0.25, 0.3) is 0 Å². The largest absolute Gasteiger partial charge is 0.395 e. The van der Waals surface area contributed by atoms with E-state index in [2.05, 4.69) is 0 Å². The minimum absolute atomic E-state index is 0.146. The number of rotatable bonds is 2. The van der Waals surface area contributed by atoms with E-state index in [0.29, 0.717) is 19.5 Å². The van der Waals surface area contributed by atoms with Crippen LogP contribution in [0.3, 0.4) is 0 Å². The van der Waals surface area contributed by atoms with E-state index in [1.54, 1.807) is 0 Å². The topological polar surface area (TPSA) is 23.5 Å². The highest BCUT2D eigenvalue weighted by Crippen LogP contribution is 2.10. The summed E-state index contributed by atoms with van der Waals surface area (Å²) in [6, 6.07) is 0. The average Bonchev–Trinajstić information content (AvgIpc) is 2.41. The first-order valence-electron chi connectivity index (χ1n) is 4.30. The molecule has 1 aliphatic heterocycles. The van der Waals surface area contributed by atoms with Gasteiger partial charge in [-0.3, -0.25) is 4.90 Å². The van der Waals surface area contributed by atoms with Crippen molar-refractivity contribution in [2.24, 2.45) is 0 Å². The Morgan fingerprint density at radius 2 is 2.18 bits per heavy atom. The summed E-state index contributed by atoms with van der Waals surface area (Å²) in [6.45, 7) is 6.09. The van der Waals surface area contributed by atoms with Gasteiger partial charge in [0.05, 0.1) is 6.61 Å². The lowest BCUT2D eigenvalue weighted by Gasteiger charge is -2.10. The van der Waals surface area contributed by atoms with Crippen LogP contribution in [0.4, 0.5) is 4.39 Å². The predicted molar refractivity (Wildman–Crippen MR) is 44.4 cm³/mol. The molecule has 0 aromatic carbocycles. The van der Waals surface area contributed by atoms with Gasteiger partial charge in [-0.25, -0.2) is 4.39 Å². The molecular formula is C8H18FNO. The van der Waals surface area contributed by atoms with Crippen LogP contribution in [0, 0.1) is 0 Å². The Bertz CT molecular complexity index is 88.2. The maximum atomic E-state index is 12.4. The molecule has 0 saturated carbocycles. The molecular weight excluding hydrogens is 145 g/mol. The van der Waals surface area contributed by atoms with E-state index in [4.69, 9.17) is 5.11 Å². The number of β-amino-alcohol motifs (C(OH)–C–C–N with tert-alkyl or cyclic N) is 1. The molecule has 68 valence electrons. The highest BCUT2D eigenvalue weighted by atomic mass is 19.1. The normalized spacial score (nSPS) is 24.5. The Kier molecular flexibility index (Phi) is 6.46. The Morgan fingerprint density at radius 3 is 2.55 bits per heavy atom. The summed E-state index contributed by atoms with van der Waals surface area (Å²) in [5.74, 6) is 0. The monoisotopic (exact) mass is 163 g/mol. The van der Waals surface area contributed by atoms with Crippen LogP contribution >= 0.6 is 0 Å². The fourth-order valence-electron chi connectivity index (χ4n) is 1.13. The molecule has 0 unspecified atom stereocenters. The Hall–Kier alpha value is -0.150. The van der Waals surface area contributed by atoms with Gasteiger partial charge in [0.25, 0.3) is 0 Å². The molecule has 0 spiro atoms. The lowest BCUT2D eigenvalue weighted by Crippen LogP contribution is -2.24. The smallest absolute Gasteiger partial charge is 0.114 e. The zero-order valence-electron chi connectivity index (χ0n) is 7.39. The van der Waals surface area contributed by atoms with E-state index < -0.39 is 6.17 Å². The zero-order chi connectivity index (χ0) is 8.69. The highest BCUT2D eigenvalue weighted by Gasteiger charge is 2.20. The average molecular weight is 163 g/mol. The van der Waals surface area contributed by atoms with E-state index in [0.717, 1.165) is 6.54 Å². The van der Waals surface area contributed by atoms with Gasteiger partial charge in [-0.05, 0) is 6.42 Å². The summed E-state index contributed by atoms with van der Waals surface area (Å²) >= 11 is 0. The lowest BCUT2D eigenvalue weighted by atomic mass is 10.3. The number of alkyl halides is 1. The molecule has 3 heteroatoms. The second-order valence-corrected chi connectivity index (χ2v) is 2.41. The summed E-state index contributed by atoms with van der Waals surface area (Å²) in [7, 11) is 0. The number of aliphatic hydroxyl groups is 1. The third kappa shape index (κ3) is 4.32. The van der Waals surface area contributed by atoms with Gasteiger partial charge in [-0.2, -0.15) is 0 Å². The molecule has 2 nitrogen and oxygen atoms in total. The van der Waals surface area contributed by atoms with Gasteiger partial charge in [0.1, 0.15) is 6.17 Å². The lowest BCUT2D eigenvalue weighted by molar-refractivity contribution is 0.211. The van der Waals surface area contributed by atoms with Crippen molar-refractivity contribution >= 4 is 0 Å². The number of likely N-dealkylation sites (tertiary alicyclic amines) is 1. The molecule has 0 radical (unpaired) electrons. The molecule has 1 atom stereocenters.